The van der Waals surface area contributed by atoms with E-state index >= 15 is 0 Å². The van der Waals surface area contributed by atoms with Gasteiger partial charge < -0.3 is 10.2 Å². The van der Waals surface area contributed by atoms with Crippen molar-refractivity contribution in [3.63, 3.8) is 0 Å². The number of carbonyl (C=O) groups excluding carboxylic acids is 2. The van der Waals surface area contributed by atoms with Crippen LogP contribution in [0.2, 0.25) is 0 Å². The number of pyridine rings is 1. The molecule has 1 aromatic heterocycles. The second kappa shape index (κ2) is 7.11. The van der Waals surface area contributed by atoms with Gasteiger partial charge in [0, 0.05) is 43.2 Å². The molecule has 3 rings (SSSR count). The summed E-state index contributed by atoms with van der Waals surface area (Å²) >= 11 is 1.74. The smallest absolute Gasteiger partial charge is 0.255 e. The molecule has 0 radical (unpaired) electrons. The van der Waals surface area contributed by atoms with Crippen molar-refractivity contribution in [1.82, 2.24) is 20.5 Å². The highest BCUT2D eigenvalue weighted by molar-refractivity contribution is 7.99. The summed E-state index contributed by atoms with van der Waals surface area (Å²) in [4.78, 5) is 30.2. The van der Waals surface area contributed by atoms with E-state index in [0.29, 0.717) is 18.7 Å². The van der Waals surface area contributed by atoms with Crippen molar-refractivity contribution in [2.24, 2.45) is 0 Å². The Morgan fingerprint density at radius 3 is 2.82 bits per heavy atom. The normalized spacial score (nSPS) is 22.5. The Balaban J connectivity index is 1.48. The van der Waals surface area contributed by atoms with Crippen molar-refractivity contribution in [2.45, 2.75) is 24.9 Å². The molecule has 118 valence electrons. The number of hydrogen-bond donors (Lipinski definition) is 2. The summed E-state index contributed by atoms with van der Waals surface area (Å²) in [5, 5.41) is 6.27. The third-order valence-corrected chi connectivity index (χ3v) is 5.01. The zero-order valence-corrected chi connectivity index (χ0v) is 13.1. The largest absolute Gasteiger partial charge is 0.352 e. The first-order valence-corrected chi connectivity index (χ1v) is 8.70. The van der Waals surface area contributed by atoms with Gasteiger partial charge in [-0.3, -0.25) is 19.9 Å². The van der Waals surface area contributed by atoms with Crippen LogP contribution >= 0.6 is 11.8 Å². The molecule has 2 aliphatic heterocycles. The number of piperidine rings is 1. The molecule has 0 spiro atoms. The number of nitrogens with one attached hydrogen (secondary N) is 2. The second-order valence-corrected chi connectivity index (χ2v) is 6.62. The zero-order valence-electron chi connectivity index (χ0n) is 12.3. The van der Waals surface area contributed by atoms with E-state index in [2.05, 4.69) is 15.6 Å². The summed E-state index contributed by atoms with van der Waals surface area (Å²) in [7, 11) is 0. The first kappa shape index (κ1) is 15.3. The van der Waals surface area contributed by atoms with Crippen LogP contribution in [0.5, 0.6) is 0 Å². The molecule has 0 aromatic carbocycles. The van der Waals surface area contributed by atoms with E-state index in [9.17, 15) is 9.59 Å². The lowest BCUT2D eigenvalue weighted by Gasteiger charge is -2.32. The molecule has 6 nitrogen and oxygen atoms in total. The molecule has 0 saturated carbocycles. The highest BCUT2D eigenvalue weighted by atomic mass is 32.2. The van der Waals surface area contributed by atoms with Gasteiger partial charge in [-0.1, -0.05) is 0 Å². The summed E-state index contributed by atoms with van der Waals surface area (Å²) in [6.07, 6.45) is 4.86. The van der Waals surface area contributed by atoms with E-state index in [-0.39, 0.29) is 23.9 Å². The van der Waals surface area contributed by atoms with Crippen molar-refractivity contribution in [2.75, 3.05) is 24.7 Å². The van der Waals surface area contributed by atoms with Crippen LogP contribution in [0.4, 0.5) is 0 Å². The number of carbonyl (C=O) groups is 2. The van der Waals surface area contributed by atoms with Gasteiger partial charge in [0.05, 0.1) is 11.6 Å². The van der Waals surface area contributed by atoms with Crippen LogP contribution in [-0.4, -0.2) is 58.5 Å². The molecule has 0 bridgehead atoms. The number of hydrogen-bond acceptors (Lipinski definition) is 5. The lowest BCUT2D eigenvalue weighted by molar-refractivity contribution is -0.123. The topological polar surface area (TPSA) is 74.3 Å². The first-order chi connectivity index (χ1) is 10.7. The van der Waals surface area contributed by atoms with E-state index in [4.69, 9.17) is 0 Å². The molecule has 0 aliphatic carbocycles. The molecular weight excluding hydrogens is 300 g/mol. The van der Waals surface area contributed by atoms with E-state index < -0.39 is 0 Å². The Labute approximate surface area is 134 Å². The number of thioether (sulfide) groups is 1. The quantitative estimate of drug-likeness (QED) is 0.847. The van der Waals surface area contributed by atoms with Crippen LogP contribution in [0, 0.1) is 0 Å². The third kappa shape index (κ3) is 3.59. The SMILES string of the molecule is O=C(NC1CCN(C(=O)c2cccnc2)CC1)C1CSCN1. The molecule has 3 heterocycles. The minimum absolute atomic E-state index is 0.0201. The van der Waals surface area contributed by atoms with Crippen molar-refractivity contribution in [3.8, 4) is 0 Å². The van der Waals surface area contributed by atoms with Gasteiger partial charge in [-0.05, 0) is 25.0 Å². The molecule has 2 aliphatic rings. The molecule has 1 unspecified atom stereocenters. The van der Waals surface area contributed by atoms with Gasteiger partial charge in [0.25, 0.3) is 5.91 Å². The van der Waals surface area contributed by atoms with E-state index in [0.717, 1.165) is 24.5 Å². The van der Waals surface area contributed by atoms with Gasteiger partial charge >= 0.3 is 0 Å². The van der Waals surface area contributed by atoms with Gasteiger partial charge in [0.15, 0.2) is 0 Å². The summed E-state index contributed by atoms with van der Waals surface area (Å²) in [5.41, 5.74) is 0.622. The molecule has 2 amide bonds. The van der Waals surface area contributed by atoms with Gasteiger partial charge in [0.1, 0.15) is 0 Å². The summed E-state index contributed by atoms with van der Waals surface area (Å²) < 4.78 is 0. The van der Waals surface area contributed by atoms with Gasteiger partial charge in [0.2, 0.25) is 5.91 Å². The van der Waals surface area contributed by atoms with Crippen molar-refractivity contribution >= 4 is 23.6 Å². The van der Waals surface area contributed by atoms with Crippen LogP contribution in [0.25, 0.3) is 0 Å². The Morgan fingerprint density at radius 1 is 1.36 bits per heavy atom. The fraction of sp³-hybridized carbons (Fsp3) is 0.533. The van der Waals surface area contributed by atoms with Gasteiger partial charge in [-0.2, -0.15) is 0 Å². The average molecular weight is 320 g/mol. The van der Waals surface area contributed by atoms with Crippen LogP contribution in [-0.2, 0) is 4.79 Å². The average Bonchev–Trinajstić information content (AvgIpc) is 3.10. The molecule has 2 saturated heterocycles. The Bertz CT molecular complexity index is 526. The maximum absolute atomic E-state index is 12.3. The standard InChI is InChI=1S/C15H20N4O2S/c20-14(13-9-22-10-17-13)18-12-3-6-19(7-4-12)15(21)11-2-1-5-16-8-11/h1-2,5,8,12-13,17H,3-4,6-7,9-10H2,(H,18,20). The van der Waals surface area contributed by atoms with E-state index in [1.165, 1.54) is 0 Å². The molecular formula is C15H20N4O2S. The van der Waals surface area contributed by atoms with Crippen LogP contribution < -0.4 is 10.6 Å². The molecule has 2 N–H and O–H groups in total. The van der Waals surface area contributed by atoms with Crippen LogP contribution in [0.15, 0.2) is 24.5 Å². The minimum atomic E-state index is -0.0694. The number of aromatic nitrogens is 1. The Morgan fingerprint density at radius 2 is 2.18 bits per heavy atom. The first-order valence-electron chi connectivity index (χ1n) is 7.55. The third-order valence-electron chi connectivity index (χ3n) is 4.07. The van der Waals surface area contributed by atoms with Crippen LogP contribution in [0.3, 0.4) is 0 Å². The van der Waals surface area contributed by atoms with Crippen molar-refractivity contribution < 1.29 is 9.59 Å². The maximum atomic E-state index is 12.3. The number of nitrogens with zero attached hydrogens (tertiary/aromatic N) is 2. The molecule has 1 aromatic rings. The second-order valence-electron chi connectivity index (χ2n) is 5.59. The Kier molecular flexibility index (Phi) is 4.94. The summed E-state index contributed by atoms with van der Waals surface area (Å²) in [5.74, 6) is 1.79. The van der Waals surface area contributed by atoms with Crippen molar-refractivity contribution in [1.29, 1.82) is 0 Å². The number of amides is 2. The zero-order chi connectivity index (χ0) is 15.4. The fourth-order valence-electron chi connectivity index (χ4n) is 2.76. The highest BCUT2D eigenvalue weighted by Crippen LogP contribution is 2.15. The highest BCUT2D eigenvalue weighted by Gasteiger charge is 2.28. The molecule has 1 atom stereocenters. The van der Waals surface area contributed by atoms with Gasteiger partial charge in [-0.15, -0.1) is 11.8 Å². The Hall–Kier alpha value is -1.60. The lowest BCUT2D eigenvalue weighted by Crippen LogP contribution is -2.51. The van der Waals surface area contributed by atoms with E-state index in [1.807, 2.05) is 4.90 Å². The monoisotopic (exact) mass is 320 g/mol. The molecule has 7 heteroatoms. The van der Waals surface area contributed by atoms with Crippen molar-refractivity contribution in [3.05, 3.63) is 30.1 Å². The minimum Gasteiger partial charge on any atom is -0.352 e. The molecule has 2 fully saturated rings. The lowest BCUT2D eigenvalue weighted by atomic mass is 10.0. The predicted molar refractivity (Wildman–Crippen MR) is 85.6 cm³/mol. The molecule has 22 heavy (non-hydrogen) atoms. The maximum Gasteiger partial charge on any atom is 0.255 e. The van der Waals surface area contributed by atoms with E-state index in [1.54, 1.807) is 36.3 Å². The fourth-order valence-corrected chi connectivity index (χ4v) is 3.71. The number of likely N-dealkylation sites (tertiary alicyclic amines) is 1. The summed E-state index contributed by atoms with van der Waals surface area (Å²) in [6.45, 7) is 1.34. The summed E-state index contributed by atoms with van der Waals surface area (Å²) in [6, 6.07) is 3.65. The number of rotatable bonds is 3. The van der Waals surface area contributed by atoms with Gasteiger partial charge in [-0.25, -0.2) is 0 Å². The predicted octanol–water partition coefficient (Wildman–Crippen LogP) is 0.465. The van der Waals surface area contributed by atoms with Crippen LogP contribution in [0.1, 0.15) is 23.2 Å².